The van der Waals surface area contributed by atoms with Crippen LogP contribution < -0.4 is 19.6 Å². The first-order valence-electron chi connectivity index (χ1n) is 11.0. The third-order valence-corrected chi connectivity index (χ3v) is 6.33. The Hall–Kier alpha value is -3.48. The molecule has 3 aromatic carbocycles. The molecule has 174 valence electrons. The molecule has 34 heavy (non-hydrogen) atoms. The maximum absolute atomic E-state index is 13.4. The minimum absolute atomic E-state index is 0.143. The van der Waals surface area contributed by atoms with Gasteiger partial charge in [0.05, 0.1) is 18.1 Å². The van der Waals surface area contributed by atoms with Crippen LogP contribution in [0.15, 0.2) is 69.9 Å². The second-order valence-corrected chi connectivity index (χ2v) is 8.56. The van der Waals surface area contributed by atoms with E-state index in [1.165, 1.54) is 0 Å². The van der Waals surface area contributed by atoms with Gasteiger partial charge >= 0.3 is 0 Å². The maximum atomic E-state index is 13.4. The van der Waals surface area contributed by atoms with Crippen molar-refractivity contribution < 1.29 is 18.6 Å². The van der Waals surface area contributed by atoms with Gasteiger partial charge in [0.25, 0.3) is 0 Å². The predicted octanol–water partition coefficient (Wildman–Crippen LogP) is 5.95. The Balaban J connectivity index is 1.45. The topological polar surface area (TPSA) is 61.1 Å². The summed E-state index contributed by atoms with van der Waals surface area (Å²) in [5.74, 6) is 2.25. The second kappa shape index (κ2) is 9.41. The van der Waals surface area contributed by atoms with E-state index in [1.54, 1.807) is 32.2 Å². The molecule has 7 heteroatoms. The minimum atomic E-state index is -0.236. The molecule has 0 unspecified atom stereocenters. The van der Waals surface area contributed by atoms with Gasteiger partial charge < -0.3 is 18.6 Å². The van der Waals surface area contributed by atoms with Gasteiger partial charge in [-0.05, 0) is 49.2 Å². The third kappa shape index (κ3) is 4.22. The molecule has 5 rings (SSSR count). The smallest absolute Gasteiger partial charge is 0.235 e. The largest absolute Gasteiger partial charge is 0.493 e. The molecule has 6 nitrogen and oxygen atoms in total. The Labute approximate surface area is 202 Å². The van der Waals surface area contributed by atoms with Crippen molar-refractivity contribution in [3.05, 3.63) is 92.8 Å². The van der Waals surface area contributed by atoms with Crippen LogP contribution in [0.25, 0.3) is 11.0 Å². The van der Waals surface area contributed by atoms with Crippen molar-refractivity contribution in [1.29, 1.82) is 0 Å². The Bertz CT molecular complexity index is 1410. The van der Waals surface area contributed by atoms with Crippen LogP contribution in [0.4, 0.5) is 0 Å². The molecule has 0 bridgehead atoms. The van der Waals surface area contributed by atoms with Gasteiger partial charge in [-0.25, -0.2) is 0 Å². The SMILES string of the molecule is COc1ccccc1Oc1c(C)oc2c3c(ccc2c1=O)OCN(CCc1ccccc1Cl)C3. The number of aryl methyl sites for hydroxylation is 1. The molecule has 0 atom stereocenters. The van der Waals surface area contributed by atoms with Crippen LogP contribution >= 0.6 is 11.6 Å². The highest BCUT2D eigenvalue weighted by atomic mass is 35.5. The predicted molar refractivity (Wildman–Crippen MR) is 131 cm³/mol. The summed E-state index contributed by atoms with van der Waals surface area (Å²) < 4.78 is 23.4. The van der Waals surface area contributed by atoms with Crippen LogP contribution in [-0.2, 0) is 13.0 Å². The lowest BCUT2D eigenvalue weighted by atomic mass is 10.1. The molecule has 1 aromatic heterocycles. The summed E-state index contributed by atoms with van der Waals surface area (Å²) >= 11 is 6.31. The van der Waals surface area contributed by atoms with Crippen molar-refractivity contribution in [1.82, 2.24) is 4.90 Å². The van der Waals surface area contributed by atoms with E-state index in [4.69, 9.17) is 30.2 Å². The van der Waals surface area contributed by atoms with Crippen LogP contribution in [0, 0.1) is 6.92 Å². The summed E-state index contributed by atoms with van der Waals surface area (Å²) in [7, 11) is 1.56. The molecular formula is C27H24ClNO5. The molecule has 0 N–H and O–H groups in total. The number of ether oxygens (including phenoxy) is 3. The lowest BCUT2D eigenvalue weighted by Gasteiger charge is -2.29. The fourth-order valence-corrected chi connectivity index (χ4v) is 4.39. The monoisotopic (exact) mass is 477 g/mol. The van der Waals surface area contributed by atoms with Crippen molar-refractivity contribution in [3.63, 3.8) is 0 Å². The van der Waals surface area contributed by atoms with Crippen LogP contribution in [0.5, 0.6) is 23.0 Å². The number of methoxy groups -OCH3 is 1. The fraction of sp³-hybridized carbons (Fsp3) is 0.222. The van der Waals surface area contributed by atoms with Gasteiger partial charge in [-0.3, -0.25) is 9.69 Å². The Morgan fingerprint density at radius 1 is 1.03 bits per heavy atom. The molecule has 0 saturated carbocycles. The average Bonchev–Trinajstić information content (AvgIpc) is 2.86. The van der Waals surface area contributed by atoms with Crippen molar-refractivity contribution in [2.75, 3.05) is 20.4 Å². The highest BCUT2D eigenvalue weighted by Gasteiger charge is 2.24. The first-order valence-corrected chi connectivity index (χ1v) is 11.4. The Morgan fingerprint density at radius 3 is 2.59 bits per heavy atom. The zero-order valence-electron chi connectivity index (χ0n) is 19.0. The molecule has 0 saturated heterocycles. The van der Waals surface area contributed by atoms with E-state index in [2.05, 4.69) is 4.90 Å². The van der Waals surface area contributed by atoms with Crippen LogP contribution in [-0.4, -0.2) is 25.3 Å². The van der Waals surface area contributed by atoms with Gasteiger partial charge in [0.2, 0.25) is 11.2 Å². The molecule has 0 aliphatic carbocycles. The molecule has 4 aromatic rings. The van der Waals surface area contributed by atoms with E-state index in [0.717, 1.165) is 34.9 Å². The number of hydrogen-bond donors (Lipinski definition) is 0. The van der Waals surface area contributed by atoms with Crippen molar-refractivity contribution in [2.45, 2.75) is 19.9 Å². The van der Waals surface area contributed by atoms with E-state index in [9.17, 15) is 4.79 Å². The van der Waals surface area contributed by atoms with Crippen LogP contribution in [0.2, 0.25) is 5.02 Å². The number of para-hydroxylation sites is 2. The summed E-state index contributed by atoms with van der Waals surface area (Å²) in [6, 6.07) is 18.6. The van der Waals surface area contributed by atoms with Gasteiger partial charge in [0, 0.05) is 18.1 Å². The van der Waals surface area contributed by atoms with Gasteiger partial charge in [0.15, 0.2) is 11.5 Å². The van der Waals surface area contributed by atoms with Gasteiger partial charge in [-0.15, -0.1) is 0 Å². The zero-order chi connectivity index (χ0) is 23.7. The highest BCUT2D eigenvalue weighted by Crippen LogP contribution is 2.36. The molecule has 1 aliphatic heterocycles. The number of rotatable bonds is 6. The molecule has 1 aliphatic rings. The van der Waals surface area contributed by atoms with E-state index in [0.29, 0.717) is 41.5 Å². The zero-order valence-corrected chi connectivity index (χ0v) is 19.7. The molecule has 0 radical (unpaired) electrons. The Kier molecular flexibility index (Phi) is 6.18. The minimum Gasteiger partial charge on any atom is -0.493 e. The summed E-state index contributed by atoms with van der Waals surface area (Å²) in [6.07, 6.45) is 0.795. The quantitative estimate of drug-likeness (QED) is 0.342. The van der Waals surface area contributed by atoms with Gasteiger partial charge in [-0.1, -0.05) is 41.9 Å². The molecule has 0 spiro atoms. The Morgan fingerprint density at radius 2 is 1.79 bits per heavy atom. The maximum Gasteiger partial charge on any atom is 0.235 e. The van der Waals surface area contributed by atoms with E-state index in [1.807, 2.05) is 42.5 Å². The van der Waals surface area contributed by atoms with Crippen molar-refractivity contribution in [3.8, 4) is 23.0 Å². The van der Waals surface area contributed by atoms with Crippen molar-refractivity contribution >= 4 is 22.6 Å². The molecule has 0 fully saturated rings. The lowest BCUT2D eigenvalue weighted by molar-refractivity contribution is 0.0968. The first-order chi connectivity index (χ1) is 16.5. The number of benzene rings is 3. The number of nitrogens with zero attached hydrogens (tertiary/aromatic N) is 1. The summed E-state index contributed by atoms with van der Waals surface area (Å²) in [5.41, 5.74) is 2.23. The highest BCUT2D eigenvalue weighted by molar-refractivity contribution is 6.31. The van der Waals surface area contributed by atoms with E-state index >= 15 is 0 Å². The van der Waals surface area contributed by atoms with Gasteiger partial charge in [-0.2, -0.15) is 0 Å². The normalized spacial score (nSPS) is 13.4. The number of hydrogen-bond acceptors (Lipinski definition) is 6. The lowest BCUT2D eigenvalue weighted by Crippen LogP contribution is -2.33. The summed E-state index contributed by atoms with van der Waals surface area (Å²) in [6.45, 7) is 3.55. The molecule has 2 heterocycles. The standard InChI is InChI=1S/C27H24ClNO5/c1-17-26(34-24-10-6-5-9-23(24)31-2)25(30)19-11-12-22-20(27(19)33-17)15-29(16-32-22)14-13-18-7-3-4-8-21(18)28/h3-12H,13-16H2,1-2H3. The van der Waals surface area contributed by atoms with Crippen LogP contribution in [0.1, 0.15) is 16.9 Å². The average molecular weight is 478 g/mol. The third-order valence-electron chi connectivity index (χ3n) is 5.96. The summed E-state index contributed by atoms with van der Waals surface area (Å²) in [5, 5.41) is 1.21. The molecule has 0 amide bonds. The second-order valence-electron chi connectivity index (χ2n) is 8.16. The number of halogens is 1. The van der Waals surface area contributed by atoms with E-state index < -0.39 is 0 Å². The molecular weight excluding hydrogens is 454 g/mol. The first kappa shape index (κ1) is 22.3. The summed E-state index contributed by atoms with van der Waals surface area (Å²) in [4.78, 5) is 15.5. The fourth-order valence-electron chi connectivity index (χ4n) is 4.16. The van der Waals surface area contributed by atoms with Crippen molar-refractivity contribution in [2.24, 2.45) is 0 Å². The van der Waals surface area contributed by atoms with E-state index in [-0.39, 0.29) is 11.2 Å². The van der Waals surface area contributed by atoms with Gasteiger partial charge in [0.1, 0.15) is 23.8 Å². The number of fused-ring (bicyclic) bond motifs is 3. The van der Waals surface area contributed by atoms with Crippen LogP contribution in [0.3, 0.4) is 0 Å².